The number of unbranched alkanes of at least 4 members (excludes halogenated alkanes) is 16. The Labute approximate surface area is 404 Å². The first-order chi connectivity index (χ1) is 32.5. The van der Waals surface area contributed by atoms with Gasteiger partial charge >= 0.3 is 17.9 Å². The molecule has 66 heavy (non-hydrogen) atoms. The van der Waals surface area contributed by atoms with Crippen LogP contribution < -0.4 is 0 Å². The summed E-state index contributed by atoms with van der Waals surface area (Å²) in [6, 6.07) is 0. The van der Waals surface area contributed by atoms with E-state index in [4.69, 9.17) is 14.2 Å². The Morgan fingerprint density at radius 1 is 0.333 bits per heavy atom. The zero-order valence-corrected chi connectivity index (χ0v) is 41.9. The Hall–Kier alpha value is -4.71. The maximum Gasteiger partial charge on any atom is 0.306 e. The Kier molecular flexibility index (Phi) is 49.1. The molecule has 0 saturated heterocycles. The zero-order valence-electron chi connectivity index (χ0n) is 41.9. The highest BCUT2D eigenvalue weighted by atomic mass is 16.6. The van der Waals surface area contributed by atoms with E-state index in [1.165, 1.54) is 51.4 Å². The van der Waals surface area contributed by atoms with E-state index in [1.54, 1.807) is 0 Å². The molecule has 368 valence electrons. The Morgan fingerprint density at radius 3 is 1.18 bits per heavy atom. The van der Waals surface area contributed by atoms with Crippen molar-refractivity contribution in [3.63, 3.8) is 0 Å². The fourth-order valence-electron chi connectivity index (χ4n) is 6.38. The van der Waals surface area contributed by atoms with Gasteiger partial charge in [-0.3, -0.25) is 14.4 Å². The Bertz CT molecular complexity index is 1510. The molecule has 0 rings (SSSR count). The highest BCUT2D eigenvalue weighted by molar-refractivity contribution is 5.71. The number of rotatable bonds is 44. The maximum atomic E-state index is 12.8. The molecule has 0 amide bonds. The molecule has 1 atom stereocenters. The monoisotopic (exact) mass is 909 g/mol. The van der Waals surface area contributed by atoms with Crippen molar-refractivity contribution < 1.29 is 28.6 Å². The van der Waals surface area contributed by atoms with Crippen LogP contribution >= 0.6 is 0 Å². The van der Waals surface area contributed by atoms with E-state index >= 15 is 0 Å². The molecule has 0 N–H and O–H groups in total. The van der Waals surface area contributed by atoms with Crippen LogP contribution in [0.2, 0.25) is 0 Å². The van der Waals surface area contributed by atoms with E-state index < -0.39 is 6.10 Å². The molecule has 0 aromatic rings. The van der Waals surface area contributed by atoms with E-state index in [2.05, 4.69) is 93.7 Å². The predicted octanol–water partition coefficient (Wildman–Crippen LogP) is 17.3. The largest absolute Gasteiger partial charge is 0.462 e. The van der Waals surface area contributed by atoms with E-state index in [9.17, 15) is 14.4 Å². The van der Waals surface area contributed by atoms with Gasteiger partial charge in [0, 0.05) is 19.3 Å². The van der Waals surface area contributed by atoms with Crippen LogP contribution in [0.1, 0.15) is 194 Å². The van der Waals surface area contributed by atoms with Crippen LogP contribution in [0.15, 0.2) is 146 Å². The van der Waals surface area contributed by atoms with Crippen LogP contribution in [0, 0.1) is 0 Å². The molecular weight excluding hydrogens is 817 g/mol. The van der Waals surface area contributed by atoms with Crippen LogP contribution in [0.5, 0.6) is 0 Å². The van der Waals surface area contributed by atoms with Gasteiger partial charge in [0.2, 0.25) is 0 Å². The molecule has 0 aliphatic heterocycles. The van der Waals surface area contributed by atoms with Gasteiger partial charge in [0.15, 0.2) is 6.10 Å². The third kappa shape index (κ3) is 50.3. The quantitative estimate of drug-likeness (QED) is 0.0199. The lowest BCUT2D eigenvalue weighted by Crippen LogP contribution is -2.30. The van der Waals surface area contributed by atoms with Crippen LogP contribution in [0.25, 0.3) is 0 Å². The highest BCUT2D eigenvalue weighted by Crippen LogP contribution is 2.12. The van der Waals surface area contributed by atoms with E-state index in [0.717, 1.165) is 96.3 Å². The number of hydrogen-bond acceptors (Lipinski definition) is 6. The Balaban J connectivity index is 4.61. The molecule has 0 spiro atoms. The third-order valence-electron chi connectivity index (χ3n) is 10.3. The summed E-state index contributed by atoms with van der Waals surface area (Å²) in [4.78, 5) is 38.0. The fourth-order valence-corrected chi connectivity index (χ4v) is 6.38. The zero-order chi connectivity index (χ0) is 47.9. The summed E-state index contributed by atoms with van der Waals surface area (Å²) in [6.07, 6.45) is 75.4. The molecular formula is C60H92O6. The first kappa shape index (κ1) is 61.3. The van der Waals surface area contributed by atoms with Crippen molar-refractivity contribution in [2.45, 2.75) is 200 Å². The molecule has 0 aromatic carbocycles. The summed E-state index contributed by atoms with van der Waals surface area (Å²) < 4.78 is 16.7. The van der Waals surface area contributed by atoms with Crippen LogP contribution in [-0.4, -0.2) is 37.2 Å². The number of ether oxygens (including phenoxy) is 3. The molecule has 0 radical (unpaired) electrons. The number of allylic oxidation sites excluding steroid dienone is 24. The first-order valence-electron chi connectivity index (χ1n) is 26.0. The molecule has 0 aromatic heterocycles. The normalized spacial score (nSPS) is 13.3. The molecule has 0 heterocycles. The molecule has 1 unspecified atom stereocenters. The first-order valence-corrected chi connectivity index (χ1v) is 26.0. The minimum Gasteiger partial charge on any atom is -0.462 e. The van der Waals surface area contributed by atoms with Gasteiger partial charge in [0.25, 0.3) is 0 Å². The second-order valence-corrected chi connectivity index (χ2v) is 16.6. The van der Waals surface area contributed by atoms with Crippen LogP contribution in [-0.2, 0) is 28.6 Å². The SMILES string of the molecule is CC\C=C/C=C\C=C/C=C\CCCCCC(=O)OCC(COC(=O)CCCCCCC\C=C/C=C\C=C/C=C\C=C/CCC)OC(=O)CCC/C=C\C/C=C\C/C=C\CCCCCCCC. The summed E-state index contributed by atoms with van der Waals surface area (Å²) in [5.74, 6) is -1.06. The Morgan fingerprint density at radius 2 is 0.697 bits per heavy atom. The average molecular weight is 909 g/mol. The van der Waals surface area contributed by atoms with Crippen molar-refractivity contribution in [1.29, 1.82) is 0 Å². The lowest BCUT2D eigenvalue weighted by atomic mass is 10.1. The lowest BCUT2D eigenvalue weighted by molar-refractivity contribution is -0.167. The smallest absolute Gasteiger partial charge is 0.306 e. The van der Waals surface area contributed by atoms with Crippen molar-refractivity contribution >= 4 is 17.9 Å². The van der Waals surface area contributed by atoms with Crippen molar-refractivity contribution in [2.24, 2.45) is 0 Å². The molecule has 0 fully saturated rings. The molecule has 0 aliphatic rings. The topological polar surface area (TPSA) is 78.9 Å². The number of carbonyl (C=O) groups excluding carboxylic acids is 3. The van der Waals surface area contributed by atoms with Crippen molar-refractivity contribution in [3.8, 4) is 0 Å². The van der Waals surface area contributed by atoms with Gasteiger partial charge < -0.3 is 14.2 Å². The minimum atomic E-state index is -0.838. The fraction of sp³-hybridized carbons (Fsp3) is 0.550. The molecule has 0 saturated carbocycles. The van der Waals surface area contributed by atoms with Gasteiger partial charge in [0.1, 0.15) is 13.2 Å². The van der Waals surface area contributed by atoms with Gasteiger partial charge in [0.05, 0.1) is 0 Å². The van der Waals surface area contributed by atoms with Crippen molar-refractivity contribution in [1.82, 2.24) is 0 Å². The summed E-state index contributed by atoms with van der Waals surface area (Å²) in [5.41, 5.74) is 0. The van der Waals surface area contributed by atoms with Gasteiger partial charge in [-0.2, -0.15) is 0 Å². The molecule has 0 bridgehead atoms. The number of hydrogen-bond donors (Lipinski definition) is 0. The number of esters is 3. The second kappa shape index (κ2) is 52.9. The van der Waals surface area contributed by atoms with Crippen LogP contribution in [0.3, 0.4) is 0 Å². The maximum absolute atomic E-state index is 12.8. The van der Waals surface area contributed by atoms with Gasteiger partial charge in [-0.15, -0.1) is 0 Å². The van der Waals surface area contributed by atoms with E-state index in [0.29, 0.717) is 12.8 Å². The molecule has 6 heteroatoms. The summed E-state index contributed by atoms with van der Waals surface area (Å²) >= 11 is 0. The van der Waals surface area contributed by atoms with E-state index in [1.807, 2.05) is 72.9 Å². The van der Waals surface area contributed by atoms with Crippen molar-refractivity contribution in [2.75, 3.05) is 13.2 Å². The van der Waals surface area contributed by atoms with Gasteiger partial charge in [-0.05, 0) is 89.9 Å². The highest BCUT2D eigenvalue weighted by Gasteiger charge is 2.19. The average Bonchev–Trinajstić information content (AvgIpc) is 3.31. The summed E-state index contributed by atoms with van der Waals surface area (Å²) in [7, 11) is 0. The van der Waals surface area contributed by atoms with Crippen molar-refractivity contribution in [3.05, 3.63) is 146 Å². The summed E-state index contributed by atoms with van der Waals surface area (Å²) in [5, 5.41) is 0. The molecule has 0 aliphatic carbocycles. The van der Waals surface area contributed by atoms with Gasteiger partial charge in [-0.1, -0.05) is 231 Å². The second-order valence-electron chi connectivity index (χ2n) is 16.6. The van der Waals surface area contributed by atoms with Crippen LogP contribution in [0.4, 0.5) is 0 Å². The predicted molar refractivity (Wildman–Crippen MR) is 283 cm³/mol. The third-order valence-corrected chi connectivity index (χ3v) is 10.3. The number of carbonyl (C=O) groups is 3. The van der Waals surface area contributed by atoms with E-state index in [-0.39, 0.29) is 44.0 Å². The summed E-state index contributed by atoms with van der Waals surface area (Å²) in [6.45, 7) is 6.27. The molecule has 6 nitrogen and oxygen atoms in total. The minimum absolute atomic E-state index is 0.131. The van der Waals surface area contributed by atoms with Gasteiger partial charge in [-0.25, -0.2) is 0 Å². The standard InChI is InChI=1S/C60H92O6/c1-4-7-10-13-16-19-22-25-27-29-31-32-35-38-41-44-47-50-53-59(62)65-56-57(55-64-58(61)52-49-46-43-40-37-34-24-21-18-15-12-9-6-3)66-60(63)54-51-48-45-42-39-36-33-30-28-26-23-20-17-14-11-8-5-2/h9-10,12-13,15-16,18-19,21-22,24-29,31-34,36-37,42,45,57H,4-8,11,14,17,20,23,30,35,38-41,43-44,46-56H2,1-3H3/b12-9-,13-10-,18-15-,19-16-,24-21-,25-22-,28-26-,29-27-,32-31-,36-33-,37-34-,45-42-. The lowest BCUT2D eigenvalue weighted by Gasteiger charge is -2.18.